The van der Waals surface area contributed by atoms with E-state index >= 15 is 0 Å². The number of ketones is 1. The molecule has 0 bridgehead atoms. The Morgan fingerprint density at radius 2 is 1.72 bits per heavy atom. The first-order chi connectivity index (χ1) is 11.5. The van der Waals surface area contributed by atoms with Gasteiger partial charge in [-0.25, -0.2) is 0 Å². The molecule has 2 rings (SSSR count). The third kappa shape index (κ3) is 5.91. The molecule has 0 aliphatic rings. The van der Waals surface area contributed by atoms with E-state index in [1.54, 1.807) is 18.2 Å². The number of rotatable bonds is 3. The van der Waals surface area contributed by atoms with E-state index in [2.05, 4.69) is 31.1 Å². The summed E-state index contributed by atoms with van der Waals surface area (Å²) in [5.74, 6) is 2.86. The third-order valence-corrected chi connectivity index (χ3v) is 4.26. The molecule has 0 aromatic heterocycles. The molecule has 0 heterocycles. The minimum absolute atomic E-state index is 0.0746. The number of alkyl halides is 3. The smallest absolute Gasteiger partial charge is 0.294 e. The summed E-state index contributed by atoms with van der Waals surface area (Å²) in [6.07, 6.45) is -4.49. The molecule has 0 spiro atoms. The second-order valence-electron chi connectivity index (χ2n) is 6.88. The van der Waals surface area contributed by atoms with Crippen LogP contribution in [0, 0.1) is 11.5 Å². The number of hydrogen-bond donors (Lipinski definition) is 0. The lowest BCUT2D eigenvalue weighted by molar-refractivity contribution is -0.137. The second-order valence-corrected chi connectivity index (χ2v) is 11.6. The predicted octanol–water partition coefficient (Wildman–Crippen LogP) is 5.36. The molecule has 0 N–H and O–H groups in total. The van der Waals surface area contributed by atoms with Crippen molar-refractivity contribution in [1.29, 1.82) is 0 Å². The molecule has 0 saturated heterocycles. The molecule has 5 heteroatoms. The highest BCUT2D eigenvalue weighted by atomic mass is 28.3. The van der Waals surface area contributed by atoms with Crippen LogP contribution >= 0.6 is 0 Å². The molecule has 0 aliphatic heterocycles. The minimum Gasteiger partial charge on any atom is -0.294 e. The van der Waals surface area contributed by atoms with Crippen molar-refractivity contribution < 1.29 is 18.0 Å². The summed E-state index contributed by atoms with van der Waals surface area (Å²) >= 11 is 0. The highest BCUT2D eigenvalue weighted by molar-refractivity contribution is 6.83. The zero-order valence-electron chi connectivity index (χ0n) is 14.4. The van der Waals surface area contributed by atoms with Crippen LogP contribution in [-0.4, -0.2) is 13.9 Å². The van der Waals surface area contributed by atoms with Gasteiger partial charge in [0.15, 0.2) is 5.78 Å². The first-order valence-corrected chi connectivity index (χ1v) is 11.4. The zero-order chi connectivity index (χ0) is 18.7. The summed E-state index contributed by atoms with van der Waals surface area (Å²) in [7, 11) is -1.52. The topological polar surface area (TPSA) is 17.1 Å². The lowest BCUT2D eigenvalue weighted by Crippen LogP contribution is -2.16. The van der Waals surface area contributed by atoms with Crippen molar-refractivity contribution in [3.05, 3.63) is 70.8 Å². The van der Waals surface area contributed by atoms with E-state index in [4.69, 9.17) is 0 Å². The molecule has 2 aromatic rings. The van der Waals surface area contributed by atoms with Crippen LogP contribution in [0.25, 0.3) is 0 Å². The average Bonchev–Trinajstić information content (AvgIpc) is 2.52. The van der Waals surface area contributed by atoms with Gasteiger partial charge in [-0.15, -0.1) is 5.54 Å². The summed E-state index contributed by atoms with van der Waals surface area (Å²) in [5.41, 5.74) is 4.04. The van der Waals surface area contributed by atoms with Gasteiger partial charge < -0.3 is 0 Å². The molecule has 25 heavy (non-hydrogen) atoms. The van der Waals surface area contributed by atoms with Gasteiger partial charge >= 0.3 is 6.18 Å². The maximum absolute atomic E-state index is 12.8. The van der Waals surface area contributed by atoms with E-state index < -0.39 is 19.8 Å². The highest BCUT2D eigenvalue weighted by Gasteiger charge is 2.30. The lowest BCUT2D eigenvalue weighted by Gasteiger charge is -2.08. The molecule has 2 aromatic carbocycles. The first kappa shape index (κ1) is 19.0. The number of Topliss-reactive ketones (excluding diaryl/α,β-unsaturated/α-hetero) is 1. The van der Waals surface area contributed by atoms with Crippen LogP contribution in [0.3, 0.4) is 0 Å². The van der Waals surface area contributed by atoms with E-state index in [-0.39, 0.29) is 12.2 Å². The molecule has 130 valence electrons. The zero-order valence-corrected chi connectivity index (χ0v) is 15.4. The fraction of sp³-hybridized carbons (Fsp3) is 0.250. The monoisotopic (exact) mass is 360 g/mol. The van der Waals surface area contributed by atoms with Crippen molar-refractivity contribution in [2.75, 3.05) is 0 Å². The Kier molecular flexibility index (Phi) is 5.54. The summed E-state index contributed by atoms with van der Waals surface area (Å²) in [6, 6.07) is 11.8. The number of halogens is 3. The van der Waals surface area contributed by atoms with Crippen LogP contribution in [0.15, 0.2) is 48.5 Å². The molecule has 0 amide bonds. The van der Waals surface area contributed by atoms with Crippen LogP contribution in [0.5, 0.6) is 0 Å². The van der Waals surface area contributed by atoms with Crippen LogP contribution < -0.4 is 0 Å². The molecular weight excluding hydrogens is 341 g/mol. The van der Waals surface area contributed by atoms with Crippen LogP contribution in [0.2, 0.25) is 19.6 Å². The number of hydrogen-bond acceptors (Lipinski definition) is 1. The fourth-order valence-electron chi connectivity index (χ4n) is 2.18. The molecule has 0 fully saturated rings. The van der Waals surface area contributed by atoms with E-state index in [9.17, 15) is 18.0 Å². The Morgan fingerprint density at radius 1 is 1.04 bits per heavy atom. The maximum atomic E-state index is 12.8. The number of carbonyl (C=O) groups excluding carboxylic acids is 1. The van der Waals surface area contributed by atoms with Crippen molar-refractivity contribution >= 4 is 13.9 Å². The van der Waals surface area contributed by atoms with E-state index in [1.807, 2.05) is 6.07 Å². The van der Waals surface area contributed by atoms with Gasteiger partial charge in [0.05, 0.1) is 5.56 Å². The van der Waals surface area contributed by atoms with Gasteiger partial charge in [0.2, 0.25) is 0 Å². The van der Waals surface area contributed by atoms with Crippen LogP contribution in [0.4, 0.5) is 13.2 Å². The molecule has 0 saturated carbocycles. The number of carbonyl (C=O) groups is 1. The van der Waals surface area contributed by atoms with Gasteiger partial charge in [-0.3, -0.25) is 4.79 Å². The molecule has 0 unspecified atom stereocenters. The van der Waals surface area contributed by atoms with Crippen molar-refractivity contribution in [2.45, 2.75) is 32.2 Å². The fourth-order valence-corrected chi connectivity index (χ4v) is 2.69. The highest BCUT2D eigenvalue weighted by Crippen LogP contribution is 2.29. The second kappa shape index (κ2) is 7.28. The van der Waals surface area contributed by atoms with Gasteiger partial charge in [-0.05, 0) is 23.8 Å². The Morgan fingerprint density at radius 3 is 2.36 bits per heavy atom. The maximum Gasteiger partial charge on any atom is 0.416 e. The largest absolute Gasteiger partial charge is 0.416 e. The van der Waals surface area contributed by atoms with Gasteiger partial charge in [-0.2, -0.15) is 13.2 Å². The van der Waals surface area contributed by atoms with Gasteiger partial charge in [0.25, 0.3) is 0 Å². The molecule has 1 nitrogen and oxygen atoms in total. The van der Waals surface area contributed by atoms with Gasteiger partial charge in [0, 0.05) is 17.5 Å². The quantitative estimate of drug-likeness (QED) is 0.409. The minimum atomic E-state index is -4.41. The lowest BCUT2D eigenvalue weighted by atomic mass is 10.00. The van der Waals surface area contributed by atoms with E-state index in [1.165, 1.54) is 12.1 Å². The average molecular weight is 360 g/mol. The first-order valence-electron chi connectivity index (χ1n) is 7.87. The normalized spacial score (nSPS) is 11.6. The predicted molar refractivity (Wildman–Crippen MR) is 96.1 cm³/mol. The van der Waals surface area contributed by atoms with Crippen molar-refractivity contribution in [1.82, 2.24) is 0 Å². The third-order valence-electron chi connectivity index (χ3n) is 3.39. The standard InChI is InChI=1S/C20H19F3OSi/c1-25(2,3)11-10-15-6-4-8-17(12-15)19(24)14-16-7-5-9-18(13-16)20(21,22)23/h4-9,12-13H,14H2,1-3H3. The molecule has 0 aliphatic carbocycles. The molecular formula is C20H19F3OSi. The molecule has 0 radical (unpaired) electrons. The van der Waals surface area contributed by atoms with Crippen molar-refractivity contribution in [3.63, 3.8) is 0 Å². The molecule has 0 atom stereocenters. The van der Waals surface area contributed by atoms with Gasteiger partial charge in [-0.1, -0.05) is 55.9 Å². The summed E-state index contributed by atoms with van der Waals surface area (Å²) in [4.78, 5) is 12.4. The van der Waals surface area contributed by atoms with Crippen molar-refractivity contribution in [2.24, 2.45) is 0 Å². The van der Waals surface area contributed by atoms with Crippen molar-refractivity contribution in [3.8, 4) is 11.5 Å². The van der Waals surface area contributed by atoms with E-state index in [0.29, 0.717) is 11.1 Å². The Bertz CT molecular complexity index is 836. The Balaban J connectivity index is 2.20. The van der Waals surface area contributed by atoms with Crippen LogP contribution in [0.1, 0.15) is 27.0 Å². The summed E-state index contributed by atoms with van der Waals surface area (Å²) in [5, 5.41) is 0. The summed E-state index contributed by atoms with van der Waals surface area (Å²) in [6.45, 7) is 6.38. The Hall–Kier alpha value is -2.32. The van der Waals surface area contributed by atoms with E-state index in [0.717, 1.165) is 17.7 Å². The summed E-state index contributed by atoms with van der Waals surface area (Å²) < 4.78 is 38.3. The van der Waals surface area contributed by atoms with Crippen LogP contribution in [-0.2, 0) is 12.6 Å². The van der Waals surface area contributed by atoms with Gasteiger partial charge in [0.1, 0.15) is 8.07 Å². The number of benzene rings is 2. The Labute approximate surface area is 146 Å². The SMILES string of the molecule is C[Si](C)(C)C#Cc1cccc(C(=O)Cc2cccc(C(F)(F)F)c2)c1.